The first-order valence-electron chi connectivity index (χ1n) is 10.9. The summed E-state index contributed by atoms with van der Waals surface area (Å²) in [5.74, 6) is 1.46. The molecule has 2 aromatic carbocycles. The minimum Gasteiger partial charge on any atom is -0.497 e. The fraction of sp³-hybridized carbons (Fsp3) is 0.160. The van der Waals surface area contributed by atoms with Crippen molar-refractivity contribution in [1.82, 2.24) is 19.5 Å². The molecule has 10 nitrogen and oxygen atoms in total. The van der Waals surface area contributed by atoms with Crippen molar-refractivity contribution >= 4 is 23.2 Å². The number of carbonyl (C=O) groups is 2. The minimum atomic E-state index is -0.452. The lowest BCUT2D eigenvalue weighted by molar-refractivity contribution is -0.122. The Labute approximate surface area is 201 Å². The van der Waals surface area contributed by atoms with Crippen molar-refractivity contribution in [2.45, 2.75) is 6.42 Å². The molecule has 1 aliphatic rings. The predicted octanol–water partition coefficient (Wildman–Crippen LogP) is 3.45. The maximum absolute atomic E-state index is 12.8. The van der Waals surface area contributed by atoms with E-state index in [1.165, 1.54) is 6.33 Å². The van der Waals surface area contributed by atoms with E-state index >= 15 is 0 Å². The van der Waals surface area contributed by atoms with Crippen LogP contribution in [-0.4, -0.2) is 45.0 Å². The molecule has 0 radical (unpaired) electrons. The largest absolute Gasteiger partial charge is 0.497 e. The van der Waals surface area contributed by atoms with Gasteiger partial charge in [0.25, 0.3) is 0 Å². The van der Waals surface area contributed by atoms with Crippen molar-refractivity contribution in [3.63, 3.8) is 0 Å². The van der Waals surface area contributed by atoms with Crippen molar-refractivity contribution in [1.29, 1.82) is 0 Å². The van der Waals surface area contributed by atoms with Crippen molar-refractivity contribution in [3.8, 4) is 23.2 Å². The summed E-state index contributed by atoms with van der Waals surface area (Å²) >= 11 is 0. The molecule has 176 valence electrons. The Bertz CT molecular complexity index is 1340. The van der Waals surface area contributed by atoms with Gasteiger partial charge >= 0.3 is 0 Å². The minimum absolute atomic E-state index is 0.0953. The van der Waals surface area contributed by atoms with Gasteiger partial charge in [0.05, 0.1) is 13.0 Å². The second-order valence-electron chi connectivity index (χ2n) is 7.91. The SMILES string of the molecule is COc1cccc(N2CC(C(=O)Nc3ccc(Oc4cc(-n5ccnc5)ncn4)cc3)CC2=O)c1. The molecule has 2 aromatic heterocycles. The van der Waals surface area contributed by atoms with Crippen LogP contribution in [0.5, 0.6) is 17.4 Å². The molecular weight excluding hydrogens is 448 g/mol. The Morgan fingerprint density at radius 1 is 1.09 bits per heavy atom. The Balaban J connectivity index is 1.20. The quantitative estimate of drug-likeness (QED) is 0.440. The van der Waals surface area contributed by atoms with E-state index in [1.54, 1.807) is 71.7 Å². The van der Waals surface area contributed by atoms with Gasteiger partial charge in [-0.1, -0.05) is 6.07 Å². The summed E-state index contributed by atoms with van der Waals surface area (Å²) in [6, 6.07) is 15.9. The highest BCUT2D eigenvalue weighted by atomic mass is 16.5. The number of hydrogen-bond donors (Lipinski definition) is 1. The first kappa shape index (κ1) is 22.1. The fourth-order valence-corrected chi connectivity index (χ4v) is 3.80. The zero-order valence-corrected chi connectivity index (χ0v) is 18.9. The van der Waals surface area contributed by atoms with Crippen molar-refractivity contribution in [2.75, 3.05) is 23.9 Å². The van der Waals surface area contributed by atoms with Crippen LogP contribution >= 0.6 is 0 Å². The summed E-state index contributed by atoms with van der Waals surface area (Å²) < 4.78 is 12.8. The lowest BCUT2D eigenvalue weighted by Gasteiger charge is -2.17. The van der Waals surface area contributed by atoms with Gasteiger partial charge in [-0.3, -0.25) is 14.2 Å². The number of nitrogens with zero attached hydrogens (tertiary/aromatic N) is 5. The number of methoxy groups -OCH3 is 1. The summed E-state index contributed by atoms with van der Waals surface area (Å²) in [5.41, 5.74) is 1.32. The number of imidazole rings is 1. The van der Waals surface area contributed by atoms with Gasteiger partial charge in [-0.15, -0.1) is 0 Å². The third kappa shape index (κ3) is 4.96. The van der Waals surface area contributed by atoms with E-state index in [9.17, 15) is 9.59 Å². The average Bonchev–Trinajstić information content (AvgIpc) is 3.56. The maximum atomic E-state index is 12.8. The van der Waals surface area contributed by atoms with E-state index in [0.29, 0.717) is 41.1 Å². The van der Waals surface area contributed by atoms with E-state index in [1.807, 2.05) is 18.2 Å². The molecule has 3 heterocycles. The molecule has 1 aliphatic heterocycles. The lowest BCUT2D eigenvalue weighted by Crippen LogP contribution is -2.28. The van der Waals surface area contributed by atoms with Gasteiger partial charge in [-0.2, -0.15) is 0 Å². The van der Waals surface area contributed by atoms with E-state index in [2.05, 4.69) is 20.3 Å². The Morgan fingerprint density at radius 3 is 2.71 bits per heavy atom. The zero-order chi connectivity index (χ0) is 24.2. The third-order valence-corrected chi connectivity index (χ3v) is 5.60. The van der Waals surface area contributed by atoms with Gasteiger partial charge in [-0.05, 0) is 36.4 Å². The Hall–Kier alpha value is -4.73. The monoisotopic (exact) mass is 470 g/mol. The number of ether oxygens (including phenoxy) is 2. The standard InChI is InChI=1S/C25H22N6O4/c1-34-21-4-2-3-19(12-21)31-14-17(11-24(31)32)25(33)29-18-5-7-20(8-6-18)35-23-13-22(27-15-28-23)30-10-9-26-16-30/h2-10,12-13,15-17H,11,14H2,1H3,(H,29,33). The Kier molecular flexibility index (Phi) is 6.08. The van der Waals surface area contributed by atoms with Gasteiger partial charge < -0.3 is 19.7 Å². The van der Waals surface area contributed by atoms with Gasteiger partial charge in [0.15, 0.2) is 0 Å². The molecule has 2 amide bonds. The van der Waals surface area contributed by atoms with Crippen LogP contribution in [0.25, 0.3) is 5.82 Å². The number of anilines is 2. The molecule has 0 bridgehead atoms. The van der Waals surface area contributed by atoms with Crippen LogP contribution in [-0.2, 0) is 9.59 Å². The summed E-state index contributed by atoms with van der Waals surface area (Å²) in [4.78, 5) is 39.3. The van der Waals surface area contributed by atoms with E-state index < -0.39 is 5.92 Å². The molecule has 4 aromatic rings. The third-order valence-electron chi connectivity index (χ3n) is 5.60. The lowest BCUT2D eigenvalue weighted by atomic mass is 10.1. The van der Waals surface area contributed by atoms with Crippen LogP contribution in [0.3, 0.4) is 0 Å². The highest BCUT2D eigenvalue weighted by Crippen LogP contribution is 2.29. The van der Waals surface area contributed by atoms with E-state index in [4.69, 9.17) is 9.47 Å². The summed E-state index contributed by atoms with van der Waals surface area (Å²) in [7, 11) is 1.57. The topological polar surface area (TPSA) is 111 Å². The molecule has 0 aliphatic carbocycles. The molecule has 1 atom stereocenters. The van der Waals surface area contributed by atoms with Crippen LogP contribution < -0.4 is 19.7 Å². The molecule has 1 fully saturated rings. The van der Waals surface area contributed by atoms with Crippen LogP contribution in [0, 0.1) is 5.92 Å². The number of carbonyl (C=O) groups excluding carboxylic acids is 2. The highest BCUT2D eigenvalue weighted by molar-refractivity contribution is 6.03. The molecule has 35 heavy (non-hydrogen) atoms. The van der Waals surface area contributed by atoms with Crippen molar-refractivity contribution < 1.29 is 19.1 Å². The van der Waals surface area contributed by atoms with Crippen molar-refractivity contribution in [2.24, 2.45) is 5.92 Å². The second kappa shape index (κ2) is 9.64. The average molecular weight is 470 g/mol. The summed E-state index contributed by atoms with van der Waals surface area (Å²) in [5, 5.41) is 2.88. The molecule has 1 saturated heterocycles. The zero-order valence-electron chi connectivity index (χ0n) is 18.9. The van der Waals surface area contributed by atoms with Gasteiger partial charge in [0, 0.05) is 48.9 Å². The smallest absolute Gasteiger partial charge is 0.229 e. The molecule has 1 unspecified atom stereocenters. The number of hydrogen-bond acceptors (Lipinski definition) is 7. The van der Waals surface area contributed by atoms with Gasteiger partial charge in [0.1, 0.15) is 30.0 Å². The van der Waals surface area contributed by atoms with Crippen LogP contribution in [0.15, 0.2) is 79.6 Å². The number of rotatable bonds is 7. The molecule has 0 saturated carbocycles. The molecule has 1 N–H and O–H groups in total. The Morgan fingerprint density at radius 2 is 1.94 bits per heavy atom. The highest BCUT2D eigenvalue weighted by Gasteiger charge is 2.35. The normalized spacial score (nSPS) is 15.2. The second-order valence-corrected chi connectivity index (χ2v) is 7.91. The summed E-state index contributed by atoms with van der Waals surface area (Å²) in [6.45, 7) is 0.311. The fourth-order valence-electron chi connectivity index (χ4n) is 3.80. The number of nitrogens with one attached hydrogen (secondary N) is 1. The van der Waals surface area contributed by atoms with Crippen molar-refractivity contribution in [3.05, 3.63) is 79.6 Å². The predicted molar refractivity (Wildman–Crippen MR) is 128 cm³/mol. The van der Waals surface area contributed by atoms with E-state index in [-0.39, 0.29) is 18.2 Å². The molecular formula is C25H22N6O4. The van der Waals surface area contributed by atoms with Gasteiger partial charge in [-0.25, -0.2) is 15.0 Å². The maximum Gasteiger partial charge on any atom is 0.229 e. The van der Waals surface area contributed by atoms with Crippen LogP contribution in [0.4, 0.5) is 11.4 Å². The van der Waals surface area contributed by atoms with Crippen LogP contribution in [0.2, 0.25) is 0 Å². The number of benzene rings is 2. The number of amides is 2. The molecule has 0 spiro atoms. The first-order valence-corrected chi connectivity index (χ1v) is 10.9. The summed E-state index contributed by atoms with van der Waals surface area (Å²) in [6.07, 6.45) is 6.64. The van der Waals surface area contributed by atoms with Gasteiger partial charge in [0.2, 0.25) is 17.7 Å². The number of aromatic nitrogens is 4. The van der Waals surface area contributed by atoms with Crippen LogP contribution in [0.1, 0.15) is 6.42 Å². The molecule has 5 rings (SSSR count). The first-order chi connectivity index (χ1) is 17.1. The van der Waals surface area contributed by atoms with E-state index in [0.717, 1.165) is 0 Å². The molecule has 10 heteroatoms.